The summed E-state index contributed by atoms with van der Waals surface area (Å²) < 4.78 is 38.3. The van der Waals surface area contributed by atoms with E-state index in [4.69, 9.17) is 11.6 Å². The second-order valence-corrected chi connectivity index (χ2v) is 5.72. The molecule has 1 atom stereocenters. The highest BCUT2D eigenvalue weighted by atomic mass is 35.5. The lowest BCUT2D eigenvalue weighted by molar-refractivity contribution is -0.137. The maximum Gasteiger partial charge on any atom is 0.416 e. The van der Waals surface area contributed by atoms with Crippen LogP contribution in [0.3, 0.4) is 0 Å². The number of benzene rings is 1. The number of hydrogen-bond donors (Lipinski definition) is 1. The van der Waals surface area contributed by atoms with Gasteiger partial charge >= 0.3 is 6.18 Å². The van der Waals surface area contributed by atoms with Gasteiger partial charge in [0, 0.05) is 12.6 Å². The number of hydrogen-bond acceptors (Lipinski definition) is 2. The van der Waals surface area contributed by atoms with Crippen molar-refractivity contribution in [2.75, 3.05) is 11.4 Å². The van der Waals surface area contributed by atoms with Crippen LogP contribution in [0.25, 0.3) is 0 Å². The number of amides is 1. The zero-order valence-electron chi connectivity index (χ0n) is 11.7. The van der Waals surface area contributed by atoms with Gasteiger partial charge in [0.2, 0.25) is 5.91 Å². The minimum atomic E-state index is -4.46. The molecule has 7 heteroatoms. The summed E-state index contributed by atoms with van der Waals surface area (Å²) in [5.74, 6) is -0.245. The Morgan fingerprint density at radius 3 is 2.62 bits per heavy atom. The van der Waals surface area contributed by atoms with Crippen LogP contribution < -0.4 is 10.2 Å². The summed E-state index contributed by atoms with van der Waals surface area (Å²) in [6.45, 7) is 4.17. The van der Waals surface area contributed by atoms with E-state index in [9.17, 15) is 18.0 Å². The molecule has 0 spiro atoms. The third kappa shape index (κ3) is 3.49. The Morgan fingerprint density at radius 2 is 2.05 bits per heavy atom. The summed E-state index contributed by atoms with van der Waals surface area (Å²) in [6, 6.07) is 2.76. The molecule has 116 valence electrons. The molecule has 1 fully saturated rings. The van der Waals surface area contributed by atoms with Crippen molar-refractivity contribution in [1.29, 1.82) is 0 Å². The minimum absolute atomic E-state index is 0.115. The normalized spacial score (nSPS) is 19.7. The first-order valence-corrected chi connectivity index (χ1v) is 7.02. The van der Waals surface area contributed by atoms with Crippen molar-refractivity contribution in [3.8, 4) is 0 Å². The smallest absolute Gasteiger partial charge is 0.309 e. The van der Waals surface area contributed by atoms with E-state index >= 15 is 0 Å². The van der Waals surface area contributed by atoms with Crippen LogP contribution in [0.1, 0.15) is 25.8 Å². The van der Waals surface area contributed by atoms with Crippen molar-refractivity contribution >= 4 is 23.2 Å². The zero-order valence-corrected chi connectivity index (χ0v) is 12.4. The van der Waals surface area contributed by atoms with Crippen LogP contribution in [0.4, 0.5) is 18.9 Å². The molecular weight excluding hydrogens is 305 g/mol. The van der Waals surface area contributed by atoms with E-state index in [1.165, 1.54) is 11.0 Å². The first-order valence-electron chi connectivity index (χ1n) is 6.64. The summed E-state index contributed by atoms with van der Waals surface area (Å²) in [4.78, 5) is 13.6. The number of anilines is 1. The number of alkyl halides is 3. The third-order valence-corrected chi connectivity index (χ3v) is 3.62. The van der Waals surface area contributed by atoms with Gasteiger partial charge in [0.25, 0.3) is 0 Å². The highest BCUT2D eigenvalue weighted by molar-refractivity contribution is 6.34. The van der Waals surface area contributed by atoms with Crippen LogP contribution in [0.5, 0.6) is 0 Å². The molecule has 0 aromatic heterocycles. The third-order valence-electron chi connectivity index (χ3n) is 3.30. The molecule has 1 aromatic carbocycles. The molecule has 1 saturated heterocycles. The monoisotopic (exact) mass is 320 g/mol. The van der Waals surface area contributed by atoms with Gasteiger partial charge in [0.05, 0.1) is 22.3 Å². The van der Waals surface area contributed by atoms with Crippen LogP contribution >= 0.6 is 11.6 Å². The number of nitrogens with zero attached hydrogens (tertiary/aromatic N) is 1. The molecule has 0 aliphatic carbocycles. The van der Waals surface area contributed by atoms with E-state index in [0.717, 1.165) is 12.1 Å². The number of halogens is 4. The van der Waals surface area contributed by atoms with Gasteiger partial charge in [0.1, 0.15) is 0 Å². The predicted octanol–water partition coefficient (Wildman–Crippen LogP) is 3.46. The van der Waals surface area contributed by atoms with Crippen molar-refractivity contribution in [1.82, 2.24) is 5.32 Å². The Kier molecular flexibility index (Phi) is 4.49. The summed E-state index contributed by atoms with van der Waals surface area (Å²) in [5.41, 5.74) is -0.695. The fourth-order valence-electron chi connectivity index (χ4n) is 2.37. The van der Waals surface area contributed by atoms with E-state index in [0.29, 0.717) is 13.0 Å². The fourth-order valence-corrected chi connectivity index (χ4v) is 2.59. The molecule has 21 heavy (non-hydrogen) atoms. The summed E-state index contributed by atoms with van der Waals surface area (Å²) in [7, 11) is 0. The van der Waals surface area contributed by atoms with Gasteiger partial charge in [-0.15, -0.1) is 0 Å². The van der Waals surface area contributed by atoms with E-state index in [1.54, 1.807) is 0 Å². The molecule has 0 bridgehead atoms. The predicted molar refractivity (Wildman–Crippen MR) is 75.5 cm³/mol. The topological polar surface area (TPSA) is 32.3 Å². The average Bonchev–Trinajstić information content (AvgIpc) is 2.70. The minimum Gasteiger partial charge on any atom is -0.309 e. The maximum atomic E-state index is 12.8. The number of carbonyl (C=O) groups is 1. The Hall–Kier alpha value is -1.27. The van der Waals surface area contributed by atoms with E-state index in [2.05, 4.69) is 5.32 Å². The molecule has 1 aromatic rings. The van der Waals surface area contributed by atoms with Crippen LogP contribution in [-0.2, 0) is 11.0 Å². The lowest BCUT2D eigenvalue weighted by atomic mass is 10.2. The highest BCUT2D eigenvalue weighted by Gasteiger charge is 2.36. The summed E-state index contributed by atoms with van der Waals surface area (Å²) in [6.07, 6.45) is -3.92. The molecule has 1 N–H and O–H groups in total. The Balaban J connectivity index is 2.28. The second kappa shape index (κ2) is 5.85. The van der Waals surface area contributed by atoms with Crippen molar-refractivity contribution < 1.29 is 18.0 Å². The van der Waals surface area contributed by atoms with Gasteiger partial charge in [-0.1, -0.05) is 25.4 Å². The van der Waals surface area contributed by atoms with Crippen molar-refractivity contribution in [3.63, 3.8) is 0 Å². The first-order chi connectivity index (χ1) is 9.70. The number of nitrogens with one attached hydrogen (secondary N) is 1. The van der Waals surface area contributed by atoms with E-state index < -0.39 is 11.7 Å². The Morgan fingerprint density at radius 1 is 1.38 bits per heavy atom. The van der Waals surface area contributed by atoms with Crippen molar-refractivity contribution in [3.05, 3.63) is 28.8 Å². The zero-order chi connectivity index (χ0) is 15.8. The highest BCUT2D eigenvalue weighted by Crippen LogP contribution is 2.36. The van der Waals surface area contributed by atoms with Gasteiger partial charge in [-0.25, -0.2) is 0 Å². The van der Waals surface area contributed by atoms with Crippen LogP contribution in [0, 0.1) is 0 Å². The molecule has 0 radical (unpaired) electrons. The van der Waals surface area contributed by atoms with Crippen LogP contribution in [-0.4, -0.2) is 24.5 Å². The van der Waals surface area contributed by atoms with Gasteiger partial charge in [-0.3, -0.25) is 4.79 Å². The van der Waals surface area contributed by atoms with Crippen LogP contribution in [0.2, 0.25) is 5.02 Å². The molecule has 1 aliphatic heterocycles. The average molecular weight is 321 g/mol. The SMILES string of the molecule is CC(C)NC1CCN(c2cc(C(F)(F)F)ccc2Cl)C1=O. The molecular formula is C14H16ClF3N2O. The largest absolute Gasteiger partial charge is 0.416 e. The number of carbonyl (C=O) groups excluding carboxylic acids is 1. The first kappa shape index (κ1) is 16.1. The molecule has 0 saturated carbocycles. The Bertz CT molecular complexity index is 546. The van der Waals surface area contributed by atoms with Crippen molar-refractivity contribution in [2.24, 2.45) is 0 Å². The van der Waals surface area contributed by atoms with Gasteiger partial charge in [0.15, 0.2) is 0 Å². The molecule has 2 rings (SSSR count). The summed E-state index contributed by atoms with van der Waals surface area (Å²) in [5, 5.41) is 3.24. The molecule has 1 amide bonds. The van der Waals surface area contributed by atoms with Crippen LogP contribution in [0.15, 0.2) is 18.2 Å². The van der Waals surface area contributed by atoms with E-state index in [1.807, 2.05) is 13.8 Å². The van der Waals surface area contributed by atoms with E-state index in [-0.39, 0.29) is 28.7 Å². The standard InChI is InChI=1S/C14H16ClF3N2O/c1-8(2)19-11-5-6-20(13(11)21)12-7-9(14(16,17)18)3-4-10(12)15/h3-4,7-8,11,19H,5-6H2,1-2H3. The van der Waals surface area contributed by atoms with Gasteiger partial charge in [-0.05, 0) is 24.6 Å². The fraction of sp³-hybridized carbons (Fsp3) is 0.500. The lowest BCUT2D eigenvalue weighted by Gasteiger charge is -2.20. The maximum absolute atomic E-state index is 12.8. The van der Waals surface area contributed by atoms with Crippen molar-refractivity contribution in [2.45, 2.75) is 38.5 Å². The molecule has 1 unspecified atom stereocenters. The molecule has 1 aliphatic rings. The number of rotatable bonds is 3. The molecule has 1 heterocycles. The Labute approximate surface area is 126 Å². The van der Waals surface area contributed by atoms with Gasteiger partial charge < -0.3 is 10.2 Å². The summed E-state index contributed by atoms with van der Waals surface area (Å²) >= 11 is 5.96. The second-order valence-electron chi connectivity index (χ2n) is 5.32. The van der Waals surface area contributed by atoms with Gasteiger partial charge in [-0.2, -0.15) is 13.2 Å². The molecule has 3 nitrogen and oxygen atoms in total. The lowest BCUT2D eigenvalue weighted by Crippen LogP contribution is -2.41. The quantitative estimate of drug-likeness (QED) is 0.925.